The maximum absolute atomic E-state index is 5.46. The molecule has 0 saturated carbocycles. The van der Waals surface area contributed by atoms with Crippen LogP contribution in [0.25, 0.3) is 22.3 Å². The molecule has 140 valence electrons. The van der Waals surface area contributed by atoms with Crippen LogP contribution in [0.4, 0.5) is 5.69 Å². The van der Waals surface area contributed by atoms with Crippen molar-refractivity contribution >= 4 is 16.7 Å². The van der Waals surface area contributed by atoms with E-state index in [1.807, 2.05) is 12.4 Å². The minimum Gasteiger partial charge on any atom is -0.378 e. The Labute approximate surface area is 158 Å². The van der Waals surface area contributed by atoms with Gasteiger partial charge in [-0.25, -0.2) is 4.98 Å². The van der Waals surface area contributed by atoms with Crippen LogP contribution in [0.3, 0.4) is 0 Å². The number of aromatic nitrogens is 4. The summed E-state index contributed by atoms with van der Waals surface area (Å²) in [5.41, 5.74) is 4.93. The van der Waals surface area contributed by atoms with Crippen LogP contribution in [-0.2, 0) is 4.74 Å². The minimum atomic E-state index is 0.473. The summed E-state index contributed by atoms with van der Waals surface area (Å²) in [5.74, 6) is 0. The molecule has 0 aliphatic carbocycles. The van der Waals surface area contributed by atoms with Gasteiger partial charge >= 0.3 is 0 Å². The predicted molar refractivity (Wildman–Crippen MR) is 105 cm³/mol. The van der Waals surface area contributed by atoms with Crippen LogP contribution in [0.2, 0.25) is 0 Å². The van der Waals surface area contributed by atoms with Gasteiger partial charge in [0.25, 0.3) is 0 Å². The van der Waals surface area contributed by atoms with Crippen molar-refractivity contribution in [1.82, 2.24) is 25.1 Å². The first kappa shape index (κ1) is 16.6. The first-order valence-electron chi connectivity index (χ1n) is 9.71. The standard InChI is InChI=1S/C20H24N6O/c1-2-18-19(11-17(1)25-7-9-27-10-8-25)24-20(13-22-18)15-12-23-26(14-15)16-3-5-21-6-4-16/h1-2,11-14,16,21H,3-10H2. The molecule has 5 rings (SSSR count). The number of hydrogen-bond acceptors (Lipinski definition) is 6. The minimum absolute atomic E-state index is 0.473. The molecular formula is C20H24N6O. The fourth-order valence-corrected chi connectivity index (χ4v) is 3.90. The van der Waals surface area contributed by atoms with Crippen molar-refractivity contribution in [2.75, 3.05) is 44.3 Å². The van der Waals surface area contributed by atoms with Gasteiger partial charge in [0.2, 0.25) is 0 Å². The summed E-state index contributed by atoms with van der Waals surface area (Å²) in [5, 5.41) is 7.99. The third-order valence-electron chi connectivity index (χ3n) is 5.48. The number of morpholine rings is 1. The van der Waals surface area contributed by atoms with E-state index in [1.165, 1.54) is 5.69 Å². The van der Waals surface area contributed by atoms with Crippen molar-refractivity contribution in [3.8, 4) is 11.3 Å². The van der Waals surface area contributed by atoms with Crippen LogP contribution < -0.4 is 10.2 Å². The lowest BCUT2D eigenvalue weighted by molar-refractivity contribution is 0.122. The summed E-state index contributed by atoms with van der Waals surface area (Å²) in [4.78, 5) is 11.8. The summed E-state index contributed by atoms with van der Waals surface area (Å²) >= 11 is 0. The van der Waals surface area contributed by atoms with Crippen molar-refractivity contribution in [1.29, 1.82) is 0 Å². The van der Waals surface area contributed by atoms with E-state index in [1.54, 1.807) is 0 Å². The van der Waals surface area contributed by atoms with E-state index in [9.17, 15) is 0 Å². The van der Waals surface area contributed by atoms with Gasteiger partial charge in [0.05, 0.1) is 48.4 Å². The first-order valence-corrected chi connectivity index (χ1v) is 9.71. The fraction of sp³-hybridized carbons (Fsp3) is 0.450. The van der Waals surface area contributed by atoms with Gasteiger partial charge < -0.3 is 15.0 Å². The van der Waals surface area contributed by atoms with Crippen LogP contribution in [0.5, 0.6) is 0 Å². The highest BCUT2D eigenvalue weighted by Crippen LogP contribution is 2.25. The van der Waals surface area contributed by atoms with E-state index in [0.717, 1.165) is 74.5 Å². The van der Waals surface area contributed by atoms with Crippen LogP contribution >= 0.6 is 0 Å². The van der Waals surface area contributed by atoms with Crippen molar-refractivity contribution in [3.63, 3.8) is 0 Å². The zero-order chi connectivity index (χ0) is 18.1. The average Bonchev–Trinajstić information content (AvgIpc) is 3.25. The normalized spacial score (nSPS) is 18.9. The summed E-state index contributed by atoms with van der Waals surface area (Å²) in [6.07, 6.45) is 8.10. The molecule has 1 aromatic carbocycles. The molecule has 0 unspecified atom stereocenters. The maximum atomic E-state index is 5.46. The maximum Gasteiger partial charge on any atom is 0.0924 e. The number of anilines is 1. The molecule has 2 aliphatic rings. The van der Waals surface area contributed by atoms with Crippen LogP contribution in [0.15, 0.2) is 36.8 Å². The monoisotopic (exact) mass is 364 g/mol. The van der Waals surface area contributed by atoms with Gasteiger partial charge in [0.15, 0.2) is 0 Å². The molecule has 27 heavy (non-hydrogen) atoms. The second kappa shape index (κ2) is 7.25. The molecule has 0 atom stereocenters. The van der Waals surface area contributed by atoms with E-state index in [4.69, 9.17) is 9.72 Å². The Kier molecular flexibility index (Phi) is 4.47. The Hall–Kier alpha value is -2.51. The summed E-state index contributed by atoms with van der Waals surface area (Å²) in [7, 11) is 0. The zero-order valence-corrected chi connectivity index (χ0v) is 15.3. The molecule has 0 radical (unpaired) electrons. The van der Waals surface area contributed by atoms with Gasteiger partial charge in [-0.15, -0.1) is 0 Å². The topological polar surface area (TPSA) is 68.1 Å². The van der Waals surface area contributed by atoms with Crippen molar-refractivity contribution < 1.29 is 4.74 Å². The van der Waals surface area contributed by atoms with Gasteiger partial charge in [-0.1, -0.05) is 0 Å². The van der Waals surface area contributed by atoms with Gasteiger partial charge in [-0.2, -0.15) is 5.10 Å². The molecule has 0 spiro atoms. The fourth-order valence-electron chi connectivity index (χ4n) is 3.90. The molecule has 0 amide bonds. The summed E-state index contributed by atoms with van der Waals surface area (Å²) < 4.78 is 7.54. The number of nitrogens with one attached hydrogen (secondary N) is 1. The number of hydrogen-bond donors (Lipinski definition) is 1. The highest BCUT2D eigenvalue weighted by atomic mass is 16.5. The third kappa shape index (κ3) is 3.40. The van der Waals surface area contributed by atoms with E-state index in [-0.39, 0.29) is 0 Å². The second-order valence-corrected chi connectivity index (χ2v) is 7.22. The molecule has 1 N–H and O–H groups in total. The Balaban J connectivity index is 1.44. The van der Waals surface area contributed by atoms with E-state index < -0.39 is 0 Å². The predicted octanol–water partition coefficient (Wildman–Crippen LogP) is 2.25. The Morgan fingerprint density at radius 3 is 2.74 bits per heavy atom. The lowest BCUT2D eigenvalue weighted by Gasteiger charge is -2.28. The van der Waals surface area contributed by atoms with Crippen molar-refractivity contribution in [3.05, 3.63) is 36.8 Å². The van der Waals surface area contributed by atoms with Crippen LogP contribution in [-0.4, -0.2) is 59.1 Å². The van der Waals surface area contributed by atoms with Gasteiger partial charge in [0.1, 0.15) is 0 Å². The van der Waals surface area contributed by atoms with E-state index in [2.05, 4.69) is 49.4 Å². The van der Waals surface area contributed by atoms with Crippen LogP contribution in [0.1, 0.15) is 18.9 Å². The lowest BCUT2D eigenvalue weighted by Crippen LogP contribution is -2.36. The number of nitrogens with zero attached hydrogens (tertiary/aromatic N) is 5. The van der Waals surface area contributed by atoms with Gasteiger partial charge in [-0.05, 0) is 44.1 Å². The molecule has 2 aromatic heterocycles. The van der Waals surface area contributed by atoms with E-state index >= 15 is 0 Å². The number of piperidine rings is 1. The number of rotatable bonds is 3. The van der Waals surface area contributed by atoms with Gasteiger partial charge in [-0.3, -0.25) is 9.67 Å². The van der Waals surface area contributed by atoms with Gasteiger partial charge in [0, 0.05) is 30.5 Å². The highest BCUT2D eigenvalue weighted by Gasteiger charge is 2.17. The number of benzene rings is 1. The Morgan fingerprint density at radius 2 is 1.89 bits per heavy atom. The molecule has 7 nitrogen and oxygen atoms in total. The molecule has 2 aliphatic heterocycles. The highest BCUT2D eigenvalue weighted by molar-refractivity contribution is 5.80. The van der Waals surface area contributed by atoms with Crippen molar-refractivity contribution in [2.45, 2.75) is 18.9 Å². The molecule has 0 bridgehead atoms. The van der Waals surface area contributed by atoms with E-state index in [0.29, 0.717) is 6.04 Å². The lowest BCUT2D eigenvalue weighted by atomic mass is 10.1. The molecule has 2 saturated heterocycles. The third-order valence-corrected chi connectivity index (χ3v) is 5.48. The smallest absolute Gasteiger partial charge is 0.0924 e. The molecule has 4 heterocycles. The largest absolute Gasteiger partial charge is 0.378 e. The SMILES string of the molecule is c1nn(C2CCNCC2)cc1-c1cnc2ccc(N3CCOCC3)cc2n1. The molecule has 2 fully saturated rings. The zero-order valence-electron chi connectivity index (χ0n) is 15.3. The molecular weight excluding hydrogens is 340 g/mol. The number of fused-ring (bicyclic) bond motifs is 1. The Bertz CT molecular complexity index is 927. The molecule has 7 heteroatoms. The summed E-state index contributed by atoms with van der Waals surface area (Å²) in [6.45, 7) is 5.50. The first-order chi connectivity index (χ1) is 13.4. The van der Waals surface area contributed by atoms with Crippen molar-refractivity contribution in [2.24, 2.45) is 0 Å². The quantitative estimate of drug-likeness (QED) is 0.769. The Morgan fingerprint density at radius 1 is 1.04 bits per heavy atom. The average molecular weight is 364 g/mol. The molecule has 3 aromatic rings. The summed E-state index contributed by atoms with van der Waals surface area (Å²) in [6, 6.07) is 6.78. The van der Waals surface area contributed by atoms with Crippen LogP contribution in [0, 0.1) is 0 Å². The second-order valence-electron chi connectivity index (χ2n) is 7.22. The number of ether oxygens (including phenoxy) is 1.